The molecule has 2 rings (SSSR count). The molecule has 0 amide bonds. The summed E-state index contributed by atoms with van der Waals surface area (Å²) in [5.41, 5.74) is 2.08. The summed E-state index contributed by atoms with van der Waals surface area (Å²) in [4.78, 5) is 4.30. The van der Waals surface area contributed by atoms with E-state index in [9.17, 15) is 0 Å². The van der Waals surface area contributed by atoms with Gasteiger partial charge in [-0.15, -0.1) is 24.0 Å². The zero-order valence-electron chi connectivity index (χ0n) is 18.5. The number of nitrogens with one attached hydrogen (secondary N) is 2. The molecule has 1 fully saturated rings. The molecule has 1 atom stereocenters. The van der Waals surface area contributed by atoms with E-state index in [-0.39, 0.29) is 29.6 Å². The van der Waals surface area contributed by atoms with Gasteiger partial charge in [-0.25, -0.2) is 0 Å². The highest BCUT2D eigenvalue weighted by molar-refractivity contribution is 14.0. The lowest BCUT2D eigenvalue weighted by atomic mass is 10.1. The van der Waals surface area contributed by atoms with E-state index < -0.39 is 0 Å². The molecule has 1 aliphatic heterocycles. The maximum atomic E-state index is 6.12. The zero-order valence-corrected chi connectivity index (χ0v) is 20.9. The van der Waals surface area contributed by atoms with E-state index >= 15 is 0 Å². The van der Waals surface area contributed by atoms with Gasteiger partial charge < -0.3 is 24.8 Å². The third-order valence-electron chi connectivity index (χ3n) is 4.44. The van der Waals surface area contributed by atoms with E-state index in [4.69, 9.17) is 14.2 Å². The number of hydrogen-bond acceptors (Lipinski definition) is 4. The summed E-state index contributed by atoms with van der Waals surface area (Å²) in [6, 6.07) is 6.30. The zero-order chi connectivity index (χ0) is 20.4. The Balaban J connectivity index is 0.00000420. The molecule has 29 heavy (non-hydrogen) atoms. The highest BCUT2D eigenvalue weighted by Gasteiger charge is 2.16. The molecule has 166 valence electrons. The SMILES string of the molecule is CN=C(NCCCOCC1CCOC1)NCc1ccc(C)cc1OC(C)(C)C.I. The van der Waals surface area contributed by atoms with E-state index in [1.807, 2.05) is 0 Å². The van der Waals surface area contributed by atoms with Gasteiger partial charge in [0.25, 0.3) is 0 Å². The number of ether oxygens (including phenoxy) is 3. The summed E-state index contributed by atoms with van der Waals surface area (Å²) in [6.45, 7) is 13.0. The van der Waals surface area contributed by atoms with Crippen molar-refractivity contribution in [2.45, 2.75) is 52.7 Å². The number of guanidine groups is 1. The fourth-order valence-corrected chi connectivity index (χ4v) is 2.98. The molecule has 0 aliphatic carbocycles. The molecule has 1 saturated heterocycles. The van der Waals surface area contributed by atoms with Crippen molar-refractivity contribution in [3.8, 4) is 5.75 Å². The molecule has 1 heterocycles. The van der Waals surface area contributed by atoms with E-state index in [1.54, 1.807) is 7.05 Å². The minimum atomic E-state index is -0.229. The van der Waals surface area contributed by atoms with Crippen LogP contribution in [0.3, 0.4) is 0 Å². The lowest BCUT2D eigenvalue weighted by Gasteiger charge is -2.24. The van der Waals surface area contributed by atoms with Crippen LogP contribution in [-0.2, 0) is 16.0 Å². The first-order valence-corrected chi connectivity index (χ1v) is 10.3. The Morgan fingerprint density at radius 3 is 2.72 bits per heavy atom. The molecule has 1 aromatic carbocycles. The van der Waals surface area contributed by atoms with Gasteiger partial charge in [-0.3, -0.25) is 4.99 Å². The van der Waals surface area contributed by atoms with Gasteiger partial charge in [0.1, 0.15) is 11.4 Å². The molecule has 1 unspecified atom stereocenters. The van der Waals surface area contributed by atoms with Gasteiger partial charge in [0.05, 0.1) is 13.2 Å². The molecule has 6 nitrogen and oxygen atoms in total. The smallest absolute Gasteiger partial charge is 0.191 e. The first-order valence-electron chi connectivity index (χ1n) is 10.3. The van der Waals surface area contributed by atoms with Crippen LogP contribution < -0.4 is 15.4 Å². The van der Waals surface area contributed by atoms with Crippen LogP contribution in [0.4, 0.5) is 0 Å². The van der Waals surface area contributed by atoms with Crippen LogP contribution in [0.15, 0.2) is 23.2 Å². The van der Waals surface area contributed by atoms with Crippen molar-refractivity contribution in [1.82, 2.24) is 10.6 Å². The van der Waals surface area contributed by atoms with Crippen LogP contribution in [0.5, 0.6) is 5.75 Å². The lowest BCUT2D eigenvalue weighted by molar-refractivity contribution is 0.0888. The first-order chi connectivity index (χ1) is 13.4. The van der Waals surface area contributed by atoms with Crippen molar-refractivity contribution in [2.75, 3.05) is 40.0 Å². The van der Waals surface area contributed by atoms with Gasteiger partial charge >= 0.3 is 0 Å². The maximum absolute atomic E-state index is 6.12. The lowest BCUT2D eigenvalue weighted by Crippen LogP contribution is -2.37. The average Bonchev–Trinajstić information content (AvgIpc) is 3.14. The summed E-state index contributed by atoms with van der Waals surface area (Å²) in [5.74, 6) is 2.27. The topological polar surface area (TPSA) is 64.1 Å². The fraction of sp³-hybridized carbons (Fsp3) is 0.682. The van der Waals surface area contributed by atoms with Crippen molar-refractivity contribution < 1.29 is 14.2 Å². The number of halogens is 1. The van der Waals surface area contributed by atoms with Crippen LogP contribution in [-0.4, -0.2) is 51.6 Å². The Kier molecular flexibility index (Phi) is 11.9. The molecule has 2 N–H and O–H groups in total. The summed E-state index contributed by atoms with van der Waals surface area (Å²) >= 11 is 0. The molecule has 1 aromatic rings. The number of nitrogens with zero attached hydrogens (tertiary/aromatic N) is 1. The summed E-state index contributed by atoms with van der Waals surface area (Å²) < 4.78 is 17.2. The van der Waals surface area contributed by atoms with E-state index in [0.717, 1.165) is 63.1 Å². The number of hydrogen-bond donors (Lipinski definition) is 2. The monoisotopic (exact) mass is 519 g/mol. The second-order valence-corrected chi connectivity index (χ2v) is 8.34. The van der Waals surface area contributed by atoms with Crippen molar-refractivity contribution in [3.63, 3.8) is 0 Å². The molecule has 7 heteroatoms. The van der Waals surface area contributed by atoms with Gasteiger partial charge in [0, 0.05) is 44.8 Å². The highest BCUT2D eigenvalue weighted by atomic mass is 127. The summed E-state index contributed by atoms with van der Waals surface area (Å²) in [5, 5.41) is 6.71. The van der Waals surface area contributed by atoms with Gasteiger partial charge in [0.2, 0.25) is 0 Å². The van der Waals surface area contributed by atoms with Gasteiger partial charge in [-0.05, 0) is 52.2 Å². The van der Waals surface area contributed by atoms with Crippen molar-refractivity contribution in [2.24, 2.45) is 10.9 Å². The predicted octanol–water partition coefficient (Wildman–Crippen LogP) is 3.90. The number of aryl methyl sites for hydroxylation is 1. The Hall–Kier alpha value is -1.06. The Morgan fingerprint density at radius 1 is 1.28 bits per heavy atom. The minimum absolute atomic E-state index is 0. The third-order valence-corrected chi connectivity index (χ3v) is 4.44. The molecular formula is C22H38IN3O3. The van der Waals surface area contributed by atoms with Gasteiger partial charge in [-0.1, -0.05) is 12.1 Å². The molecule has 0 radical (unpaired) electrons. The molecule has 0 saturated carbocycles. The number of benzene rings is 1. The highest BCUT2D eigenvalue weighted by Crippen LogP contribution is 2.24. The van der Waals surface area contributed by atoms with Crippen molar-refractivity contribution in [1.29, 1.82) is 0 Å². The summed E-state index contributed by atoms with van der Waals surface area (Å²) in [6.07, 6.45) is 2.06. The van der Waals surface area contributed by atoms with E-state index in [0.29, 0.717) is 12.5 Å². The van der Waals surface area contributed by atoms with Crippen LogP contribution >= 0.6 is 24.0 Å². The number of aliphatic imine (C=N–C) groups is 1. The van der Waals surface area contributed by atoms with E-state index in [2.05, 4.69) is 61.5 Å². The predicted molar refractivity (Wildman–Crippen MR) is 130 cm³/mol. The molecular weight excluding hydrogens is 481 g/mol. The Morgan fingerprint density at radius 2 is 2.07 bits per heavy atom. The Labute approximate surface area is 193 Å². The minimum Gasteiger partial charge on any atom is -0.488 e. The third kappa shape index (κ3) is 10.5. The Bertz CT molecular complexity index is 626. The van der Waals surface area contributed by atoms with Crippen LogP contribution in [0.1, 0.15) is 44.7 Å². The van der Waals surface area contributed by atoms with Gasteiger partial charge in [0.15, 0.2) is 5.96 Å². The normalized spacial score (nSPS) is 17.0. The molecule has 0 aromatic heterocycles. The van der Waals surface area contributed by atoms with Crippen LogP contribution in [0, 0.1) is 12.8 Å². The second-order valence-electron chi connectivity index (χ2n) is 8.34. The maximum Gasteiger partial charge on any atom is 0.191 e. The molecule has 0 bridgehead atoms. The first kappa shape index (κ1) is 26.0. The fourth-order valence-electron chi connectivity index (χ4n) is 2.98. The quantitative estimate of drug-likeness (QED) is 0.224. The van der Waals surface area contributed by atoms with Gasteiger partial charge in [-0.2, -0.15) is 0 Å². The van der Waals surface area contributed by atoms with Crippen LogP contribution in [0.25, 0.3) is 0 Å². The number of rotatable bonds is 9. The van der Waals surface area contributed by atoms with E-state index in [1.165, 1.54) is 5.56 Å². The molecule has 0 spiro atoms. The summed E-state index contributed by atoms with van der Waals surface area (Å²) in [7, 11) is 1.79. The average molecular weight is 519 g/mol. The standard InChI is InChI=1S/C22H37N3O3.HI/c1-17-7-8-19(20(13-17)28-22(2,3)4)14-25-21(23-5)24-10-6-11-26-15-18-9-12-27-16-18;/h7-8,13,18H,6,9-12,14-16H2,1-5H3,(H2,23,24,25);1H. The second kappa shape index (κ2) is 13.3. The van der Waals surface area contributed by atoms with Crippen molar-refractivity contribution in [3.05, 3.63) is 29.3 Å². The molecule has 1 aliphatic rings. The van der Waals surface area contributed by atoms with Crippen molar-refractivity contribution >= 4 is 29.9 Å². The van der Waals surface area contributed by atoms with Crippen LogP contribution in [0.2, 0.25) is 0 Å². The largest absolute Gasteiger partial charge is 0.488 e.